The molecule has 0 aliphatic heterocycles. The van der Waals surface area contributed by atoms with Gasteiger partial charge in [-0.3, -0.25) is 4.57 Å². The second kappa shape index (κ2) is 7.35. The first-order chi connectivity index (χ1) is 12.4. The fourth-order valence-electron chi connectivity index (χ4n) is 2.90. The number of imidazole rings is 1. The van der Waals surface area contributed by atoms with Gasteiger partial charge in [0, 0.05) is 13.1 Å². The van der Waals surface area contributed by atoms with E-state index in [1.165, 1.54) is 13.2 Å². The van der Waals surface area contributed by atoms with Gasteiger partial charge in [-0.05, 0) is 49.2 Å². The molecule has 2 aromatic carbocycles. The molecular formula is C18H21N3O4S. The highest BCUT2D eigenvalue weighted by Crippen LogP contribution is 2.20. The Balaban J connectivity index is 1.66. The lowest BCUT2D eigenvalue weighted by Crippen LogP contribution is -2.27. The molecule has 3 aromatic rings. The predicted octanol–water partition coefficient (Wildman–Crippen LogP) is 2.02. The molecular weight excluding hydrogens is 354 g/mol. The number of fused-ring (bicyclic) bond motifs is 1. The minimum atomic E-state index is -3.61. The molecule has 0 atom stereocenters. The number of nitrogens with zero attached hydrogens (tertiary/aromatic N) is 1. The molecule has 0 fully saturated rings. The molecule has 0 spiro atoms. The Bertz CT molecular complexity index is 1080. The fourth-order valence-corrected chi connectivity index (χ4v) is 4.20. The number of ether oxygens (including phenoxy) is 1. The van der Waals surface area contributed by atoms with Gasteiger partial charge in [0.2, 0.25) is 10.0 Å². The third-order valence-corrected chi connectivity index (χ3v) is 5.83. The highest BCUT2D eigenvalue weighted by molar-refractivity contribution is 7.89. The molecule has 2 N–H and O–H groups in total. The zero-order valence-electron chi connectivity index (χ0n) is 14.7. The topological polar surface area (TPSA) is 93.2 Å². The van der Waals surface area contributed by atoms with Gasteiger partial charge in [0.05, 0.1) is 23.0 Å². The molecule has 0 aliphatic carbocycles. The van der Waals surface area contributed by atoms with Gasteiger partial charge >= 0.3 is 5.69 Å². The first-order valence-electron chi connectivity index (χ1n) is 8.24. The van der Waals surface area contributed by atoms with Crippen molar-refractivity contribution in [2.45, 2.75) is 24.8 Å². The minimum absolute atomic E-state index is 0.194. The third kappa shape index (κ3) is 3.66. The maximum absolute atomic E-state index is 12.5. The zero-order valence-corrected chi connectivity index (χ0v) is 15.5. The molecule has 8 heteroatoms. The monoisotopic (exact) mass is 375 g/mol. The SMILES string of the molecule is COc1ccc(S(=O)(=O)NCCCn2c(=O)[nH]c3ccccc32)c(C)c1. The number of H-pyrrole nitrogens is 1. The molecule has 138 valence electrons. The summed E-state index contributed by atoms with van der Waals surface area (Å²) in [4.78, 5) is 15.0. The van der Waals surface area contributed by atoms with Crippen molar-refractivity contribution in [2.75, 3.05) is 13.7 Å². The Kier molecular flexibility index (Phi) is 5.15. The molecule has 1 aromatic heterocycles. The van der Waals surface area contributed by atoms with Crippen LogP contribution in [0.5, 0.6) is 5.75 Å². The van der Waals surface area contributed by atoms with Gasteiger partial charge in [-0.15, -0.1) is 0 Å². The van der Waals surface area contributed by atoms with Crippen molar-refractivity contribution >= 4 is 21.1 Å². The van der Waals surface area contributed by atoms with Crippen molar-refractivity contribution in [3.05, 3.63) is 58.5 Å². The minimum Gasteiger partial charge on any atom is -0.497 e. The number of hydrogen-bond donors (Lipinski definition) is 2. The maximum Gasteiger partial charge on any atom is 0.326 e. The van der Waals surface area contributed by atoms with Crippen LogP contribution in [0.4, 0.5) is 0 Å². The number of aromatic amines is 1. The summed E-state index contributed by atoms with van der Waals surface area (Å²) in [6.07, 6.45) is 0.496. The average molecular weight is 375 g/mol. The molecule has 0 saturated heterocycles. The van der Waals surface area contributed by atoms with Crippen molar-refractivity contribution in [3.8, 4) is 5.75 Å². The van der Waals surface area contributed by atoms with E-state index in [1.54, 1.807) is 23.6 Å². The van der Waals surface area contributed by atoms with E-state index in [0.29, 0.717) is 24.3 Å². The van der Waals surface area contributed by atoms with Crippen LogP contribution in [0.3, 0.4) is 0 Å². The molecule has 26 heavy (non-hydrogen) atoms. The van der Waals surface area contributed by atoms with E-state index in [2.05, 4.69) is 9.71 Å². The van der Waals surface area contributed by atoms with Gasteiger partial charge in [-0.1, -0.05) is 12.1 Å². The van der Waals surface area contributed by atoms with Crippen LogP contribution >= 0.6 is 0 Å². The normalized spacial score (nSPS) is 11.8. The molecule has 0 aliphatic rings. The maximum atomic E-state index is 12.5. The van der Waals surface area contributed by atoms with Gasteiger partial charge < -0.3 is 9.72 Å². The zero-order chi connectivity index (χ0) is 18.7. The number of methoxy groups -OCH3 is 1. The summed E-state index contributed by atoms with van der Waals surface area (Å²) in [5, 5.41) is 0. The molecule has 0 unspecified atom stereocenters. The molecule has 3 rings (SSSR count). The first-order valence-corrected chi connectivity index (χ1v) is 9.72. The summed E-state index contributed by atoms with van der Waals surface area (Å²) < 4.78 is 34.2. The van der Waals surface area contributed by atoms with Gasteiger partial charge in [-0.2, -0.15) is 0 Å². The van der Waals surface area contributed by atoms with Crippen LogP contribution in [0.1, 0.15) is 12.0 Å². The Morgan fingerprint density at radius 3 is 2.69 bits per heavy atom. The second-order valence-corrected chi connectivity index (χ2v) is 7.72. The summed E-state index contributed by atoms with van der Waals surface area (Å²) >= 11 is 0. The van der Waals surface area contributed by atoms with Gasteiger partial charge in [0.1, 0.15) is 5.75 Å². The Morgan fingerprint density at radius 1 is 1.19 bits per heavy atom. The van der Waals surface area contributed by atoms with Crippen molar-refractivity contribution in [3.63, 3.8) is 0 Å². The van der Waals surface area contributed by atoms with Crippen LogP contribution in [0, 0.1) is 6.92 Å². The van der Waals surface area contributed by atoms with Crippen molar-refractivity contribution in [2.24, 2.45) is 0 Å². The van der Waals surface area contributed by atoms with E-state index < -0.39 is 10.0 Å². The van der Waals surface area contributed by atoms with Crippen molar-refractivity contribution in [1.82, 2.24) is 14.3 Å². The number of aromatic nitrogens is 2. The molecule has 0 saturated carbocycles. The van der Waals surface area contributed by atoms with Crippen LogP contribution < -0.4 is 15.1 Å². The lowest BCUT2D eigenvalue weighted by molar-refractivity contribution is 0.414. The Labute approximate surface area is 151 Å². The van der Waals surface area contributed by atoms with E-state index in [-0.39, 0.29) is 17.1 Å². The highest BCUT2D eigenvalue weighted by Gasteiger charge is 2.16. The number of aryl methyl sites for hydroxylation is 2. The largest absolute Gasteiger partial charge is 0.497 e. The summed E-state index contributed by atoms with van der Waals surface area (Å²) in [6, 6.07) is 12.2. The van der Waals surface area contributed by atoms with Gasteiger partial charge in [-0.25, -0.2) is 17.9 Å². The number of nitrogens with one attached hydrogen (secondary N) is 2. The van der Waals surface area contributed by atoms with Crippen LogP contribution in [0.25, 0.3) is 11.0 Å². The first kappa shape index (κ1) is 18.2. The summed E-state index contributed by atoms with van der Waals surface area (Å²) in [7, 11) is -2.07. The smallest absolute Gasteiger partial charge is 0.326 e. The van der Waals surface area contributed by atoms with Crippen molar-refractivity contribution in [1.29, 1.82) is 0 Å². The highest BCUT2D eigenvalue weighted by atomic mass is 32.2. The van der Waals surface area contributed by atoms with Gasteiger partial charge in [0.25, 0.3) is 0 Å². The van der Waals surface area contributed by atoms with E-state index in [1.807, 2.05) is 24.3 Å². The Morgan fingerprint density at radius 2 is 1.96 bits per heavy atom. The van der Waals surface area contributed by atoms with Crippen LogP contribution in [-0.2, 0) is 16.6 Å². The molecule has 1 heterocycles. The average Bonchev–Trinajstić information content (AvgIpc) is 2.93. The van der Waals surface area contributed by atoms with E-state index >= 15 is 0 Å². The summed E-state index contributed by atoms with van der Waals surface area (Å²) in [5.41, 5.74) is 2.00. The number of hydrogen-bond acceptors (Lipinski definition) is 4. The van der Waals surface area contributed by atoms with E-state index in [9.17, 15) is 13.2 Å². The number of rotatable bonds is 7. The molecule has 0 bridgehead atoms. The fraction of sp³-hybridized carbons (Fsp3) is 0.278. The molecule has 0 amide bonds. The lowest BCUT2D eigenvalue weighted by atomic mass is 10.2. The van der Waals surface area contributed by atoms with Crippen molar-refractivity contribution < 1.29 is 13.2 Å². The molecule has 0 radical (unpaired) electrons. The third-order valence-electron chi connectivity index (χ3n) is 4.20. The van der Waals surface area contributed by atoms with Gasteiger partial charge in [0.15, 0.2) is 0 Å². The summed E-state index contributed by atoms with van der Waals surface area (Å²) in [6.45, 7) is 2.38. The summed E-state index contributed by atoms with van der Waals surface area (Å²) in [5.74, 6) is 0.611. The van der Waals surface area contributed by atoms with Crippen LogP contribution in [-0.4, -0.2) is 31.6 Å². The Hall–Kier alpha value is -2.58. The lowest BCUT2D eigenvalue weighted by Gasteiger charge is -2.11. The second-order valence-electron chi connectivity index (χ2n) is 5.98. The van der Waals surface area contributed by atoms with Crippen LogP contribution in [0.15, 0.2) is 52.2 Å². The number of benzene rings is 2. The number of sulfonamides is 1. The molecule has 7 nitrogen and oxygen atoms in total. The predicted molar refractivity (Wildman–Crippen MR) is 100 cm³/mol. The number of para-hydroxylation sites is 2. The van der Waals surface area contributed by atoms with Crippen LogP contribution in [0.2, 0.25) is 0 Å². The quantitative estimate of drug-likeness (QED) is 0.618. The standard InChI is InChI=1S/C18H21N3O4S/c1-13-12-14(25-2)8-9-17(13)26(23,24)19-10-5-11-21-16-7-4-3-6-15(16)20-18(21)22/h3-4,6-9,12,19H,5,10-11H2,1-2H3,(H,20,22). The van der Waals surface area contributed by atoms with E-state index in [4.69, 9.17) is 4.74 Å². The van der Waals surface area contributed by atoms with E-state index in [0.717, 1.165) is 11.0 Å².